The molecule has 0 radical (unpaired) electrons. The Balaban J connectivity index is 1.37. The maximum atomic E-state index is 5.86. The minimum Gasteiger partial charge on any atom is -0.377 e. The van der Waals surface area contributed by atoms with Crippen LogP contribution in [0.3, 0.4) is 0 Å². The van der Waals surface area contributed by atoms with Crippen molar-refractivity contribution in [1.82, 2.24) is 0 Å². The van der Waals surface area contributed by atoms with Gasteiger partial charge in [-0.2, -0.15) is 0 Å². The molecular weight excluding hydrogens is 316 g/mol. The van der Waals surface area contributed by atoms with E-state index < -0.39 is 5.79 Å². The summed E-state index contributed by atoms with van der Waals surface area (Å²) in [5.74, 6) is -0.562. The van der Waals surface area contributed by atoms with Crippen LogP contribution in [-0.2, 0) is 32.2 Å². The van der Waals surface area contributed by atoms with E-state index in [2.05, 4.69) is 24.3 Å². The van der Waals surface area contributed by atoms with Gasteiger partial charge in [-0.1, -0.05) is 60.7 Å². The van der Waals surface area contributed by atoms with Gasteiger partial charge in [-0.25, -0.2) is 0 Å². The Labute approximate surface area is 149 Å². The molecule has 25 heavy (non-hydrogen) atoms. The molecule has 1 aliphatic heterocycles. The van der Waals surface area contributed by atoms with Crippen LogP contribution in [-0.4, -0.2) is 32.2 Å². The lowest BCUT2D eigenvalue weighted by atomic mass is 10.1. The summed E-state index contributed by atoms with van der Waals surface area (Å²) in [7, 11) is 0. The Morgan fingerprint density at radius 3 is 1.56 bits per heavy atom. The lowest BCUT2D eigenvalue weighted by molar-refractivity contribution is -0.183. The van der Waals surface area contributed by atoms with E-state index in [0.29, 0.717) is 52.5 Å². The minimum atomic E-state index is -0.562. The zero-order chi connectivity index (χ0) is 17.2. The van der Waals surface area contributed by atoms with Crippen LogP contribution >= 0.6 is 0 Å². The van der Waals surface area contributed by atoms with Crippen LogP contribution < -0.4 is 0 Å². The topological polar surface area (TPSA) is 36.9 Å². The molecule has 2 aromatic carbocycles. The summed E-state index contributed by atoms with van der Waals surface area (Å²) in [5.41, 5.74) is 2.35. The summed E-state index contributed by atoms with van der Waals surface area (Å²) in [4.78, 5) is 0. The first-order chi connectivity index (χ1) is 12.4. The quantitative estimate of drug-likeness (QED) is 0.613. The third-order valence-corrected chi connectivity index (χ3v) is 4.29. The highest BCUT2D eigenvalue weighted by Crippen LogP contribution is 2.27. The molecule has 1 saturated heterocycles. The van der Waals surface area contributed by atoms with Crippen LogP contribution in [0.5, 0.6) is 0 Å². The van der Waals surface area contributed by atoms with Crippen LogP contribution in [0, 0.1) is 0 Å². The minimum absolute atomic E-state index is 0.562. The first-order valence-electron chi connectivity index (χ1n) is 8.88. The molecule has 0 aromatic heterocycles. The third kappa shape index (κ3) is 5.94. The molecule has 1 fully saturated rings. The van der Waals surface area contributed by atoms with E-state index >= 15 is 0 Å². The predicted molar refractivity (Wildman–Crippen MR) is 96.1 cm³/mol. The average Bonchev–Trinajstić information content (AvgIpc) is 3.13. The van der Waals surface area contributed by atoms with Crippen molar-refractivity contribution in [3.05, 3.63) is 71.8 Å². The highest BCUT2D eigenvalue weighted by atomic mass is 16.7. The van der Waals surface area contributed by atoms with E-state index in [0.717, 1.165) is 0 Å². The van der Waals surface area contributed by atoms with Crippen molar-refractivity contribution in [3.8, 4) is 0 Å². The molecule has 4 nitrogen and oxygen atoms in total. The van der Waals surface area contributed by atoms with Crippen LogP contribution in [0.4, 0.5) is 0 Å². The first-order valence-corrected chi connectivity index (χ1v) is 8.88. The number of ether oxygens (including phenoxy) is 4. The summed E-state index contributed by atoms with van der Waals surface area (Å²) >= 11 is 0. The predicted octanol–water partition coefficient (Wildman–Crippen LogP) is 3.94. The van der Waals surface area contributed by atoms with Gasteiger partial charge in [0.1, 0.15) is 0 Å². The number of hydrogen-bond donors (Lipinski definition) is 0. The highest BCUT2D eigenvalue weighted by molar-refractivity contribution is 5.14. The Hall–Kier alpha value is -1.72. The molecule has 0 unspecified atom stereocenters. The second-order valence-electron chi connectivity index (χ2n) is 6.18. The zero-order valence-electron chi connectivity index (χ0n) is 14.6. The molecule has 2 aromatic rings. The number of hydrogen-bond acceptors (Lipinski definition) is 4. The Kier molecular flexibility index (Phi) is 7.00. The van der Waals surface area contributed by atoms with Crippen molar-refractivity contribution in [3.63, 3.8) is 0 Å². The second kappa shape index (κ2) is 9.68. The standard InChI is InChI=1S/C21H26O4/c1-3-7-19(8-4-1)17-22-13-11-21(24-15-16-25-21)12-14-23-18-20-9-5-2-6-10-20/h1-10H,11-18H2. The van der Waals surface area contributed by atoms with Crippen LogP contribution in [0.25, 0.3) is 0 Å². The molecule has 3 rings (SSSR count). The van der Waals surface area contributed by atoms with E-state index in [-0.39, 0.29) is 0 Å². The molecule has 0 saturated carbocycles. The van der Waals surface area contributed by atoms with Gasteiger partial charge in [-0.05, 0) is 11.1 Å². The van der Waals surface area contributed by atoms with Crippen molar-refractivity contribution >= 4 is 0 Å². The van der Waals surface area contributed by atoms with Crippen molar-refractivity contribution in [2.75, 3.05) is 26.4 Å². The van der Waals surface area contributed by atoms with Crippen LogP contribution in [0.15, 0.2) is 60.7 Å². The summed E-state index contributed by atoms with van der Waals surface area (Å²) in [6, 6.07) is 20.4. The summed E-state index contributed by atoms with van der Waals surface area (Å²) in [6.45, 7) is 3.71. The van der Waals surface area contributed by atoms with Crippen LogP contribution in [0.1, 0.15) is 24.0 Å². The highest BCUT2D eigenvalue weighted by Gasteiger charge is 2.35. The van der Waals surface area contributed by atoms with Gasteiger partial charge in [0.05, 0.1) is 39.6 Å². The Morgan fingerprint density at radius 1 is 0.680 bits per heavy atom. The Morgan fingerprint density at radius 2 is 1.12 bits per heavy atom. The van der Waals surface area contributed by atoms with Gasteiger partial charge < -0.3 is 18.9 Å². The third-order valence-electron chi connectivity index (χ3n) is 4.29. The van der Waals surface area contributed by atoms with Gasteiger partial charge in [-0.3, -0.25) is 0 Å². The monoisotopic (exact) mass is 342 g/mol. The van der Waals surface area contributed by atoms with Crippen molar-refractivity contribution in [2.45, 2.75) is 31.8 Å². The maximum Gasteiger partial charge on any atom is 0.172 e. The molecule has 134 valence electrons. The van der Waals surface area contributed by atoms with Gasteiger partial charge in [-0.15, -0.1) is 0 Å². The van der Waals surface area contributed by atoms with E-state index in [4.69, 9.17) is 18.9 Å². The van der Waals surface area contributed by atoms with Gasteiger partial charge in [0.15, 0.2) is 5.79 Å². The smallest absolute Gasteiger partial charge is 0.172 e. The van der Waals surface area contributed by atoms with Crippen LogP contribution in [0.2, 0.25) is 0 Å². The van der Waals surface area contributed by atoms with E-state index in [1.807, 2.05) is 36.4 Å². The van der Waals surface area contributed by atoms with Gasteiger partial charge in [0.2, 0.25) is 0 Å². The summed E-state index contributed by atoms with van der Waals surface area (Å²) in [5, 5.41) is 0. The van der Waals surface area contributed by atoms with Crippen molar-refractivity contribution in [1.29, 1.82) is 0 Å². The van der Waals surface area contributed by atoms with Crippen molar-refractivity contribution in [2.24, 2.45) is 0 Å². The lowest BCUT2D eigenvalue weighted by Gasteiger charge is -2.27. The molecule has 0 spiro atoms. The largest absolute Gasteiger partial charge is 0.377 e. The van der Waals surface area contributed by atoms with E-state index in [1.165, 1.54) is 11.1 Å². The van der Waals surface area contributed by atoms with Crippen molar-refractivity contribution < 1.29 is 18.9 Å². The normalized spacial score (nSPS) is 16.2. The fourth-order valence-electron chi connectivity index (χ4n) is 2.89. The van der Waals surface area contributed by atoms with E-state index in [1.54, 1.807) is 0 Å². The fourth-order valence-corrected chi connectivity index (χ4v) is 2.89. The molecule has 0 amide bonds. The van der Waals surface area contributed by atoms with Gasteiger partial charge in [0, 0.05) is 12.8 Å². The molecular formula is C21H26O4. The second-order valence-corrected chi connectivity index (χ2v) is 6.18. The fraction of sp³-hybridized carbons (Fsp3) is 0.429. The summed E-state index contributed by atoms with van der Waals surface area (Å²) in [6.07, 6.45) is 1.43. The molecule has 0 atom stereocenters. The Bertz CT molecular complexity index is 544. The number of rotatable bonds is 10. The van der Waals surface area contributed by atoms with Gasteiger partial charge in [0.25, 0.3) is 0 Å². The molecule has 0 bridgehead atoms. The average molecular weight is 342 g/mol. The molecule has 0 N–H and O–H groups in total. The molecule has 4 heteroatoms. The lowest BCUT2D eigenvalue weighted by Crippen LogP contribution is -2.33. The molecule has 1 aliphatic rings. The van der Waals surface area contributed by atoms with Gasteiger partial charge >= 0.3 is 0 Å². The summed E-state index contributed by atoms with van der Waals surface area (Å²) < 4.78 is 23.3. The molecule has 1 heterocycles. The zero-order valence-corrected chi connectivity index (χ0v) is 14.6. The van der Waals surface area contributed by atoms with E-state index in [9.17, 15) is 0 Å². The maximum absolute atomic E-state index is 5.86. The first kappa shape index (κ1) is 18.1. The SMILES string of the molecule is c1ccc(COCCC2(CCOCc3ccccc3)OCCO2)cc1. The number of benzene rings is 2. The molecule has 0 aliphatic carbocycles.